The summed E-state index contributed by atoms with van der Waals surface area (Å²) < 4.78 is 5.73. The van der Waals surface area contributed by atoms with E-state index in [4.69, 9.17) is 4.74 Å². The first-order valence-corrected chi connectivity index (χ1v) is 6.91. The summed E-state index contributed by atoms with van der Waals surface area (Å²) in [4.78, 5) is 4.41. The summed E-state index contributed by atoms with van der Waals surface area (Å²) in [6, 6.07) is 18.6. The molecule has 0 fully saturated rings. The first-order chi connectivity index (χ1) is 9.92. The van der Waals surface area contributed by atoms with Crippen molar-refractivity contribution in [1.29, 1.82) is 0 Å². The quantitative estimate of drug-likeness (QED) is 0.902. The highest BCUT2D eigenvalue weighted by atomic mass is 16.5. The zero-order chi connectivity index (χ0) is 13.6. The summed E-state index contributed by atoms with van der Waals surface area (Å²) in [5.74, 6) is 1.00. The Bertz CT molecular complexity index is 576. The van der Waals surface area contributed by atoms with Crippen molar-refractivity contribution in [3.8, 4) is 0 Å². The second-order valence-corrected chi connectivity index (χ2v) is 4.83. The Kier molecular flexibility index (Phi) is 4.09. The molecule has 1 N–H and O–H groups in total. The van der Waals surface area contributed by atoms with Gasteiger partial charge in [-0.05, 0) is 11.1 Å². The van der Waals surface area contributed by atoms with Crippen molar-refractivity contribution in [2.45, 2.75) is 13.2 Å². The van der Waals surface area contributed by atoms with Gasteiger partial charge in [0, 0.05) is 12.1 Å². The molecule has 102 valence electrons. The number of hydrogen-bond donors (Lipinski definition) is 1. The second kappa shape index (κ2) is 6.35. The monoisotopic (exact) mass is 266 g/mol. The van der Waals surface area contributed by atoms with Crippen molar-refractivity contribution in [3.63, 3.8) is 0 Å². The van der Waals surface area contributed by atoms with E-state index in [2.05, 4.69) is 46.7 Å². The zero-order valence-electron chi connectivity index (χ0n) is 11.4. The molecule has 1 aliphatic heterocycles. The van der Waals surface area contributed by atoms with Crippen LogP contribution in [0.4, 0.5) is 0 Å². The second-order valence-electron chi connectivity index (χ2n) is 4.83. The first kappa shape index (κ1) is 12.9. The lowest BCUT2D eigenvalue weighted by atomic mass is 10.1. The van der Waals surface area contributed by atoms with Crippen LogP contribution in [0, 0.1) is 0 Å². The fraction of sp³-hybridized carbons (Fsp3) is 0.235. The van der Waals surface area contributed by atoms with E-state index in [9.17, 15) is 0 Å². The topological polar surface area (TPSA) is 33.6 Å². The maximum Gasteiger partial charge on any atom is 0.128 e. The average Bonchev–Trinajstić information content (AvgIpc) is 3.03. The van der Waals surface area contributed by atoms with Crippen LogP contribution in [-0.4, -0.2) is 18.9 Å². The van der Waals surface area contributed by atoms with Gasteiger partial charge in [0.1, 0.15) is 5.84 Å². The molecule has 2 aromatic rings. The van der Waals surface area contributed by atoms with Gasteiger partial charge in [0.2, 0.25) is 0 Å². The van der Waals surface area contributed by atoms with E-state index in [0.29, 0.717) is 13.2 Å². The lowest BCUT2D eigenvalue weighted by molar-refractivity contribution is 0.107. The smallest absolute Gasteiger partial charge is 0.128 e. The molecule has 0 atom stereocenters. The largest absolute Gasteiger partial charge is 0.372 e. The van der Waals surface area contributed by atoms with E-state index in [1.54, 1.807) is 0 Å². The normalized spacial score (nSPS) is 13.9. The van der Waals surface area contributed by atoms with E-state index >= 15 is 0 Å². The Morgan fingerprint density at radius 3 is 2.25 bits per heavy atom. The highest BCUT2D eigenvalue weighted by Gasteiger charge is 2.07. The third kappa shape index (κ3) is 3.25. The molecule has 1 heterocycles. The number of ether oxygens (including phenoxy) is 1. The molecule has 0 aromatic heterocycles. The number of nitrogens with one attached hydrogen (secondary N) is 1. The number of nitrogens with zero attached hydrogens (tertiary/aromatic N) is 1. The SMILES string of the molecule is c1ccc(COCc2ccc(C3=NCCN3)cc2)cc1. The minimum Gasteiger partial charge on any atom is -0.372 e. The zero-order valence-corrected chi connectivity index (χ0v) is 11.4. The fourth-order valence-corrected chi connectivity index (χ4v) is 2.21. The Hall–Kier alpha value is -2.13. The summed E-state index contributed by atoms with van der Waals surface area (Å²) >= 11 is 0. The third-order valence-electron chi connectivity index (χ3n) is 3.28. The number of rotatable bonds is 5. The molecular formula is C17H18N2O. The summed E-state index contributed by atoms with van der Waals surface area (Å²) in [5.41, 5.74) is 3.53. The lowest BCUT2D eigenvalue weighted by Crippen LogP contribution is -2.19. The van der Waals surface area contributed by atoms with Crippen LogP contribution in [-0.2, 0) is 18.0 Å². The molecule has 0 radical (unpaired) electrons. The molecule has 3 heteroatoms. The third-order valence-corrected chi connectivity index (χ3v) is 3.28. The van der Waals surface area contributed by atoms with Gasteiger partial charge >= 0.3 is 0 Å². The van der Waals surface area contributed by atoms with Gasteiger partial charge in [0.15, 0.2) is 0 Å². The van der Waals surface area contributed by atoms with Gasteiger partial charge in [-0.3, -0.25) is 4.99 Å². The molecule has 0 amide bonds. The van der Waals surface area contributed by atoms with Crippen molar-refractivity contribution < 1.29 is 4.74 Å². The van der Waals surface area contributed by atoms with E-state index in [0.717, 1.165) is 24.5 Å². The molecule has 2 aromatic carbocycles. The number of hydrogen-bond acceptors (Lipinski definition) is 3. The van der Waals surface area contributed by atoms with Crippen LogP contribution in [0.1, 0.15) is 16.7 Å². The number of aliphatic imine (C=N–C) groups is 1. The van der Waals surface area contributed by atoms with Crippen LogP contribution in [0.3, 0.4) is 0 Å². The summed E-state index contributed by atoms with van der Waals surface area (Å²) in [7, 11) is 0. The maximum absolute atomic E-state index is 5.73. The maximum atomic E-state index is 5.73. The lowest BCUT2D eigenvalue weighted by Gasteiger charge is -2.06. The van der Waals surface area contributed by atoms with Gasteiger partial charge in [-0.25, -0.2) is 0 Å². The van der Waals surface area contributed by atoms with Crippen molar-refractivity contribution in [3.05, 3.63) is 71.3 Å². The van der Waals surface area contributed by atoms with Gasteiger partial charge in [0.25, 0.3) is 0 Å². The van der Waals surface area contributed by atoms with Gasteiger partial charge in [0.05, 0.1) is 19.8 Å². The van der Waals surface area contributed by atoms with E-state index in [1.165, 1.54) is 11.1 Å². The molecule has 0 saturated carbocycles. The predicted octanol–water partition coefficient (Wildman–Crippen LogP) is 2.75. The van der Waals surface area contributed by atoms with Crippen LogP contribution in [0.15, 0.2) is 59.6 Å². The first-order valence-electron chi connectivity index (χ1n) is 6.91. The van der Waals surface area contributed by atoms with Crippen molar-refractivity contribution in [2.24, 2.45) is 4.99 Å². The molecule has 1 aliphatic rings. The average molecular weight is 266 g/mol. The van der Waals surface area contributed by atoms with Gasteiger partial charge in [-0.1, -0.05) is 54.6 Å². The molecule has 0 saturated heterocycles. The van der Waals surface area contributed by atoms with Crippen LogP contribution >= 0.6 is 0 Å². The predicted molar refractivity (Wildman–Crippen MR) is 80.8 cm³/mol. The van der Waals surface area contributed by atoms with Gasteiger partial charge in [-0.15, -0.1) is 0 Å². The van der Waals surface area contributed by atoms with E-state index < -0.39 is 0 Å². The number of benzene rings is 2. The molecule has 20 heavy (non-hydrogen) atoms. The highest BCUT2D eigenvalue weighted by Crippen LogP contribution is 2.09. The number of amidine groups is 1. The van der Waals surface area contributed by atoms with E-state index in [1.807, 2.05) is 18.2 Å². The van der Waals surface area contributed by atoms with Gasteiger partial charge < -0.3 is 10.1 Å². The molecule has 3 nitrogen and oxygen atoms in total. The molecular weight excluding hydrogens is 248 g/mol. The Labute approximate surface area is 119 Å². The van der Waals surface area contributed by atoms with Crippen molar-refractivity contribution in [1.82, 2.24) is 5.32 Å². The van der Waals surface area contributed by atoms with Crippen LogP contribution in [0.2, 0.25) is 0 Å². The summed E-state index contributed by atoms with van der Waals surface area (Å²) in [5, 5.41) is 3.28. The van der Waals surface area contributed by atoms with Crippen LogP contribution < -0.4 is 5.32 Å². The standard InChI is InChI=1S/C17H18N2O/c1-2-4-14(5-3-1)12-20-13-15-6-8-16(9-7-15)17-18-10-11-19-17/h1-9H,10-13H2,(H,18,19). The molecule has 3 rings (SSSR count). The molecule has 0 unspecified atom stereocenters. The minimum absolute atomic E-state index is 0.634. The van der Waals surface area contributed by atoms with Crippen LogP contribution in [0.25, 0.3) is 0 Å². The minimum atomic E-state index is 0.634. The van der Waals surface area contributed by atoms with Crippen LogP contribution in [0.5, 0.6) is 0 Å². The van der Waals surface area contributed by atoms with E-state index in [-0.39, 0.29) is 0 Å². The van der Waals surface area contributed by atoms with Crippen molar-refractivity contribution in [2.75, 3.05) is 13.1 Å². The fourth-order valence-electron chi connectivity index (χ4n) is 2.21. The summed E-state index contributed by atoms with van der Waals surface area (Å²) in [6.45, 7) is 3.10. The molecule has 0 aliphatic carbocycles. The Morgan fingerprint density at radius 1 is 0.900 bits per heavy atom. The Morgan fingerprint density at radius 2 is 1.60 bits per heavy atom. The van der Waals surface area contributed by atoms with Crippen molar-refractivity contribution >= 4 is 5.84 Å². The Balaban J connectivity index is 1.53. The molecule has 0 bridgehead atoms. The van der Waals surface area contributed by atoms with Gasteiger partial charge in [-0.2, -0.15) is 0 Å². The molecule has 0 spiro atoms. The summed E-state index contributed by atoms with van der Waals surface area (Å²) in [6.07, 6.45) is 0. The highest BCUT2D eigenvalue weighted by molar-refractivity contribution is 5.99.